The summed E-state index contributed by atoms with van der Waals surface area (Å²) in [5.41, 5.74) is -2.17. The van der Waals surface area contributed by atoms with Gasteiger partial charge >= 0.3 is 24.3 Å². The van der Waals surface area contributed by atoms with Gasteiger partial charge in [-0.2, -0.15) is 26.3 Å². The minimum Gasteiger partial charge on any atom is -0.455 e. The van der Waals surface area contributed by atoms with Gasteiger partial charge in [0.2, 0.25) is 0 Å². The number of carbonyl (C=O) groups excluding carboxylic acids is 2. The van der Waals surface area contributed by atoms with Crippen molar-refractivity contribution in [1.29, 1.82) is 0 Å². The Morgan fingerprint density at radius 2 is 1.43 bits per heavy atom. The third kappa shape index (κ3) is 4.36. The summed E-state index contributed by atoms with van der Waals surface area (Å²) in [6, 6.07) is 0. The van der Waals surface area contributed by atoms with E-state index < -0.39 is 48.8 Å². The Morgan fingerprint density at radius 1 is 1.05 bits per heavy atom. The lowest BCUT2D eigenvalue weighted by Gasteiger charge is -2.16. The molecular formula is C11H10F6O4. The molecular weight excluding hydrogens is 310 g/mol. The maximum absolute atomic E-state index is 11.9. The third-order valence-corrected chi connectivity index (χ3v) is 2.76. The van der Waals surface area contributed by atoms with Crippen molar-refractivity contribution in [2.75, 3.05) is 13.2 Å². The minimum absolute atomic E-state index is 0.302. The van der Waals surface area contributed by atoms with Gasteiger partial charge in [0.05, 0.1) is 0 Å². The minimum atomic E-state index is -4.81. The van der Waals surface area contributed by atoms with Gasteiger partial charge in [-0.1, -0.05) is 6.08 Å². The van der Waals surface area contributed by atoms with Gasteiger partial charge in [0.15, 0.2) is 18.6 Å². The average molecular weight is 320 g/mol. The fourth-order valence-electron chi connectivity index (χ4n) is 1.68. The summed E-state index contributed by atoms with van der Waals surface area (Å²) in [4.78, 5) is 23.1. The fourth-order valence-corrected chi connectivity index (χ4v) is 1.68. The number of allylic oxidation sites excluding steroid dienone is 1. The number of ether oxygens (including phenoxy) is 2. The number of halogens is 6. The first-order chi connectivity index (χ1) is 9.42. The molecule has 0 spiro atoms. The van der Waals surface area contributed by atoms with Crippen molar-refractivity contribution in [3.8, 4) is 0 Å². The highest BCUT2D eigenvalue weighted by Crippen LogP contribution is 2.55. The largest absolute Gasteiger partial charge is 0.455 e. The topological polar surface area (TPSA) is 52.6 Å². The van der Waals surface area contributed by atoms with Crippen LogP contribution in [0, 0.1) is 11.3 Å². The molecule has 21 heavy (non-hydrogen) atoms. The van der Waals surface area contributed by atoms with Gasteiger partial charge in [0, 0.05) is 5.92 Å². The first kappa shape index (κ1) is 17.3. The van der Waals surface area contributed by atoms with Gasteiger partial charge in [-0.25, -0.2) is 0 Å². The van der Waals surface area contributed by atoms with Gasteiger partial charge in [-0.3, -0.25) is 9.59 Å². The van der Waals surface area contributed by atoms with Crippen LogP contribution in [0.4, 0.5) is 26.3 Å². The van der Waals surface area contributed by atoms with Crippen molar-refractivity contribution in [3.63, 3.8) is 0 Å². The summed E-state index contributed by atoms with van der Waals surface area (Å²) in [6.45, 7) is -0.640. The van der Waals surface area contributed by atoms with Gasteiger partial charge < -0.3 is 9.47 Å². The summed E-state index contributed by atoms with van der Waals surface area (Å²) in [6.07, 6.45) is -8.86. The third-order valence-electron chi connectivity index (χ3n) is 2.76. The second-order valence-corrected chi connectivity index (χ2v) is 4.40. The van der Waals surface area contributed by atoms with Crippen LogP contribution in [-0.2, 0) is 19.1 Å². The molecule has 1 fully saturated rings. The highest BCUT2D eigenvalue weighted by Gasteiger charge is 2.67. The molecule has 0 aromatic rings. The molecule has 0 amide bonds. The van der Waals surface area contributed by atoms with Crippen molar-refractivity contribution in [2.45, 2.75) is 18.8 Å². The van der Waals surface area contributed by atoms with Crippen LogP contribution >= 0.6 is 0 Å². The number of hydrogen-bond donors (Lipinski definition) is 0. The van der Waals surface area contributed by atoms with E-state index in [1.54, 1.807) is 0 Å². The molecule has 0 radical (unpaired) electrons. The molecule has 0 aliphatic heterocycles. The Morgan fingerprint density at radius 3 is 1.67 bits per heavy atom. The van der Waals surface area contributed by atoms with Crippen LogP contribution in [-0.4, -0.2) is 37.5 Å². The normalized spacial score (nSPS) is 20.6. The van der Waals surface area contributed by atoms with E-state index in [-0.39, 0.29) is 6.42 Å². The molecule has 1 rings (SSSR count). The van der Waals surface area contributed by atoms with Gasteiger partial charge in [0.1, 0.15) is 0 Å². The zero-order valence-corrected chi connectivity index (χ0v) is 10.4. The van der Waals surface area contributed by atoms with Crippen LogP contribution in [0.1, 0.15) is 6.42 Å². The van der Waals surface area contributed by atoms with Gasteiger partial charge in [-0.05, 0) is 6.42 Å². The van der Waals surface area contributed by atoms with Crippen LogP contribution < -0.4 is 0 Å². The SMILES string of the molecule is C=C[C@@H]1CC1(C(=O)OCC(F)(F)F)C(=O)OCC(F)(F)F. The second kappa shape index (κ2) is 5.57. The lowest BCUT2D eigenvalue weighted by atomic mass is 10.0. The van der Waals surface area contributed by atoms with E-state index in [1.807, 2.05) is 0 Å². The smallest absolute Gasteiger partial charge is 0.422 e. The molecule has 4 nitrogen and oxygen atoms in total. The Hall–Kier alpha value is -1.74. The molecule has 10 heteroatoms. The summed E-state index contributed by atoms with van der Waals surface area (Å²) in [5, 5.41) is 0. The number of rotatable bonds is 5. The summed E-state index contributed by atoms with van der Waals surface area (Å²) >= 11 is 0. The van der Waals surface area contributed by atoms with E-state index in [4.69, 9.17) is 0 Å². The van der Waals surface area contributed by atoms with Crippen molar-refractivity contribution >= 4 is 11.9 Å². The second-order valence-electron chi connectivity index (χ2n) is 4.40. The van der Waals surface area contributed by atoms with Gasteiger partial charge in [0.25, 0.3) is 0 Å². The predicted octanol–water partition coefficient (Wildman–Crippen LogP) is 2.39. The Balaban J connectivity index is 2.73. The van der Waals surface area contributed by atoms with E-state index in [1.165, 1.54) is 0 Å². The molecule has 0 N–H and O–H groups in total. The zero-order chi connectivity index (χ0) is 16.5. The standard InChI is InChI=1S/C11H10F6O4/c1-2-6-3-9(6,7(18)20-4-10(12,13)14)8(19)21-5-11(15,16)17/h2,6H,1,3-5H2/t6-/m1/s1. The Bertz CT molecular complexity index is 409. The van der Waals surface area contributed by atoms with Crippen molar-refractivity contribution in [1.82, 2.24) is 0 Å². The number of hydrogen-bond acceptors (Lipinski definition) is 4. The van der Waals surface area contributed by atoms with E-state index in [0.717, 1.165) is 6.08 Å². The molecule has 120 valence electrons. The predicted molar refractivity (Wildman–Crippen MR) is 54.8 cm³/mol. The van der Waals surface area contributed by atoms with E-state index in [2.05, 4.69) is 16.1 Å². The molecule has 0 unspecified atom stereocenters. The fraction of sp³-hybridized carbons (Fsp3) is 0.636. The molecule has 0 saturated heterocycles. The maximum atomic E-state index is 11.9. The van der Waals surface area contributed by atoms with Crippen LogP contribution in [0.25, 0.3) is 0 Å². The number of esters is 2. The molecule has 1 aliphatic rings. The van der Waals surface area contributed by atoms with E-state index in [9.17, 15) is 35.9 Å². The van der Waals surface area contributed by atoms with E-state index in [0.29, 0.717) is 0 Å². The first-order valence-electron chi connectivity index (χ1n) is 5.53. The van der Waals surface area contributed by atoms with Crippen LogP contribution in [0.15, 0.2) is 12.7 Å². The number of alkyl halides is 6. The van der Waals surface area contributed by atoms with Crippen molar-refractivity contribution in [3.05, 3.63) is 12.7 Å². The Labute approximate surface area is 114 Å². The van der Waals surface area contributed by atoms with Crippen LogP contribution in [0.5, 0.6) is 0 Å². The number of carbonyl (C=O) groups is 2. The lowest BCUT2D eigenvalue weighted by Crippen LogP contribution is -2.35. The molecule has 0 aromatic heterocycles. The average Bonchev–Trinajstić information content (AvgIpc) is 3.07. The summed E-state index contributed by atoms with van der Waals surface area (Å²) in [7, 11) is 0. The zero-order valence-electron chi connectivity index (χ0n) is 10.4. The monoisotopic (exact) mass is 320 g/mol. The van der Waals surface area contributed by atoms with E-state index >= 15 is 0 Å². The highest BCUT2D eigenvalue weighted by molar-refractivity contribution is 6.04. The molecule has 0 aromatic carbocycles. The van der Waals surface area contributed by atoms with Crippen LogP contribution in [0.2, 0.25) is 0 Å². The van der Waals surface area contributed by atoms with Gasteiger partial charge in [-0.15, -0.1) is 6.58 Å². The molecule has 0 bridgehead atoms. The lowest BCUT2D eigenvalue weighted by molar-refractivity contribution is -0.201. The maximum Gasteiger partial charge on any atom is 0.422 e. The summed E-state index contributed by atoms with van der Waals surface area (Å²) in [5.74, 6) is -4.06. The summed E-state index contributed by atoms with van der Waals surface area (Å²) < 4.78 is 79.5. The molecule has 1 saturated carbocycles. The van der Waals surface area contributed by atoms with Crippen molar-refractivity contribution in [2.24, 2.45) is 11.3 Å². The van der Waals surface area contributed by atoms with Crippen LogP contribution in [0.3, 0.4) is 0 Å². The van der Waals surface area contributed by atoms with Crippen molar-refractivity contribution < 1.29 is 45.4 Å². The highest BCUT2D eigenvalue weighted by atomic mass is 19.4. The molecule has 0 heterocycles. The first-order valence-corrected chi connectivity index (χ1v) is 5.53. The quantitative estimate of drug-likeness (QED) is 0.338. The molecule has 1 aliphatic carbocycles. The molecule has 1 atom stereocenters. The Kier molecular flexibility index (Phi) is 4.59.